The average Bonchev–Trinajstić information content (AvgIpc) is 2.85. The third-order valence-corrected chi connectivity index (χ3v) is 3.12. The first-order valence-corrected chi connectivity index (χ1v) is 6.31. The zero-order chi connectivity index (χ0) is 14.7. The van der Waals surface area contributed by atoms with Gasteiger partial charge in [-0.25, -0.2) is 9.18 Å². The van der Waals surface area contributed by atoms with E-state index in [1.807, 2.05) is 0 Å². The van der Waals surface area contributed by atoms with Crippen LogP contribution in [0.2, 0.25) is 10.0 Å². The number of halogens is 3. The quantitative estimate of drug-likeness (QED) is 0.862. The number of anilines is 1. The van der Waals surface area contributed by atoms with Crippen LogP contribution < -0.4 is 5.32 Å². The first-order chi connectivity index (χ1) is 9.51. The summed E-state index contributed by atoms with van der Waals surface area (Å²) in [7, 11) is 1.28. The number of benzene rings is 1. The fourth-order valence-corrected chi connectivity index (χ4v) is 2.18. The first kappa shape index (κ1) is 14.7. The molecule has 1 aromatic carbocycles. The van der Waals surface area contributed by atoms with Crippen LogP contribution in [-0.4, -0.2) is 13.1 Å². The van der Waals surface area contributed by atoms with Crippen molar-refractivity contribution in [1.29, 1.82) is 0 Å². The molecule has 0 aliphatic rings. The van der Waals surface area contributed by atoms with E-state index in [1.54, 1.807) is 0 Å². The smallest absolute Gasteiger partial charge is 0.341 e. The molecule has 4 nitrogen and oxygen atoms in total. The highest BCUT2D eigenvalue weighted by atomic mass is 35.5. The number of carbonyl (C=O) groups is 1. The van der Waals surface area contributed by atoms with Crippen LogP contribution in [0.1, 0.15) is 16.1 Å². The Bertz CT molecular complexity index is 619. The van der Waals surface area contributed by atoms with E-state index >= 15 is 0 Å². The Morgan fingerprint density at radius 2 is 2.00 bits per heavy atom. The van der Waals surface area contributed by atoms with Crippen LogP contribution in [0, 0.1) is 5.82 Å². The molecule has 0 aliphatic heterocycles. The second-order valence-corrected chi connectivity index (χ2v) is 4.71. The van der Waals surface area contributed by atoms with Gasteiger partial charge in [0.2, 0.25) is 0 Å². The molecule has 0 bridgehead atoms. The van der Waals surface area contributed by atoms with Crippen molar-refractivity contribution in [1.82, 2.24) is 0 Å². The lowest BCUT2D eigenvalue weighted by Crippen LogP contribution is -2.01. The van der Waals surface area contributed by atoms with Gasteiger partial charge in [0.1, 0.15) is 17.8 Å². The van der Waals surface area contributed by atoms with Gasteiger partial charge in [0.05, 0.1) is 35.0 Å². The number of nitrogens with one attached hydrogen (secondary N) is 1. The molecule has 0 saturated heterocycles. The molecule has 0 aliphatic carbocycles. The molecule has 0 saturated carbocycles. The lowest BCUT2D eigenvalue weighted by Gasteiger charge is -2.09. The van der Waals surface area contributed by atoms with Crippen LogP contribution in [0.25, 0.3) is 0 Å². The Kier molecular flexibility index (Phi) is 4.52. The standard InChI is InChI=1S/C13H10Cl2FNO3/c1-19-13(18)7-2-9(20-6-7)5-17-12-10(14)3-8(16)4-11(12)15/h2-4,6,17H,5H2,1H3. The summed E-state index contributed by atoms with van der Waals surface area (Å²) in [4.78, 5) is 11.3. The van der Waals surface area contributed by atoms with Crippen molar-refractivity contribution >= 4 is 34.9 Å². The average molecular weight is 318 g/mol. The summed E-state index contributed by atoms with van der Waals surface area (Å²) in [5.74, 6) is -0.517. The number of rotatable bonds is 4. The number of methoxy groups -OCH3 is 1. The predicted molar refractivity (Wildman–Crippen MR) is 73.8 cm³/mol. The van der Waals surface area contributed by atoms with E-state index in [2.05, 4.69) is 10.1 Å². The van der Waals surface area contributed by atoms with Crippen LogP contribution >= 0.6 is 23.2 Å². The highest BCUT2D eigenvalue weighted by molar-refractivity contribution is 6.39. The van der Waals surface area contributed by atoms with Gasteiger partial charge in [0, 0.05) is 0 Å². The zero-order valence-corrected chi connectivity index (χ0v) is 11.9. The molecule has 20 heavy (non-hydrogen) atoms. The summed E-state index contributed by atoms with van der Waals surface area (Å²) in [6.07, 6.45) is 1.29. The van der Waals surface area contributed by atoms with E-state index in [-0.39, 0.29) is 16.6 Å². The Labute approximate surface area is 124 Å². The molecule has 1 N–H and O–H groups in total. The molecule has 0 atom stereocenters. The summed E-state index contributed by atoms with van der Waals surface area (Å²) in [6, 6.07) is 3.83. The zero-order valence-electron chi connectivity index (χ0n) is 10.4. The predicted octanol–water partition coefficient (Wildman–Crippen LogP) is 4.12. The maximum Gasteiger partial charge on any atom is 0.341 e. The van der Waals surface area contributed by atoms with Gasteiger partial charge < -0.3 is 14.5 Å². The minimum atomic E-state index is -0.517. The maximum absolute atomic E-state index is 13.0. The van der Waals surface area contributed by atoms with Gasteiger partial charge in [-0.3, -0.25) is 0 Å². The number of esters is 1. The third-order valence-electron chi connectivity index (χ3n) is 2.52. The molecule has 106 valence electrons. The number of ether oxygens (including phenoxy) is 1. The van der Waals surface area contributed by atoms with Crippen molar-refractivity contribution < 1.29 is 18.3 Å². The molecule has 0 fully saturated rings. The molecule has 2 aromatic rings. The molecule has 0 spiro atoms. The first-order valence-electron chi connectivity index (χ1n) is 5.55. The molecular weight excluding hydrogens is 308 g/mol. The summed E-state index contributed by atoms with van der Waals surface area (Å²) in [6.45, 7) is 0.238. The number of hydrogen-bond donors (Lipinski definition) is 1. The van der Waals surface area contributed by atoms with Gasteiger partial charge in [-0.2, -0.15) is 0 Å². The van der Waals surface area contributed by atoms with Gasteiger partial charge in [-0.05, 0) is 18.2 Å². The van der Waals surface area contributed by atoms with Crippen LogP contribution in [0.15, 0.2) is 28.9 Å². The topological polar surface area (TPSA) is 51.5 Å². The summed E-state index contributed by atoms with van der Waals surface area (Å²) in [5, 5.41) is 3.24. The van der Waals surface area contributed by atoms with Crippen LogP contribution in [-0.2, 0) is 11.3 Å². The summed E-state index contributed by atoms with van der Waals surface area (Å²) < 4.78 is 22.8. The lowest BCUT2D eigenvalue weighted by molar-refractivity contribution is 0.0600. The van der Waals surface area contributed by atoms with Crippen molar-refractivity contribution in [3.8, 4) is 0 Å². The van der Waals surface area contributed by atoms with E-state index in [0.717, 1.165) is 12.1 Å². The summed E-state index contributed by atoms with van der Waals surface area (Å²) >= 11 is 11.8. The van der Waals surface area contributed by atoms with E-state index < -0.39 is 11.8 Å². The van der Waals surface area contributed by atoms with Crippen molar-refractivity contribution in [3.05, 3.63) is 51.6 Å². The highest BCUT2D eigenvalue weighted by Crippen LogP contribution is 2.31. The number of furan rings is 1. The van der Waals surface area contributed by atoms with Crippen LogP contribution in [0.4, 0.5) is 10.1 Å². The maximum atomic E-state index is 13.0. The van der Waals surface area contributed by atoms with E-state index in [4.69, 9.17) is 27.6 Å². The van der Waals surface area contributed by atoms with Gasteiger partial charge in [0.25, 0.3) is 0 Å². The molecular formula is C13H10Cl2FNO3. The summed E-state index contributed by atoms with van der Waals surface area (Å²) in [5.41, 5.74) is 0.700. The monoisotopic (exact) mass is 317 g/mol. The minimum absolute atomic E-state index is 0.162. The number of carbonyl (C=O) groups excluding carboxylic acids is 1. The second-order valence-electron chi connectivity index (χ2n) is 3.89. The van der Waals surface area contributed by atoms with Crippen LogP contribution in [0.3, 0.4) is 0 Å². The van der Waals surface area contributed by atoms with E-state index in [0.29, 0.717) is 17.0 Å². The molecule has 0 amide bonds. The SMILES string of the molecule is COC(=O)c1coc(CNc2c(Cl)cc(F)cc2Cl)c1. The van der Waals surface area contributed by atoms with Crippen molar-refractivity contribution in [2.75, 3.05) is 12.4 Å². The van der Waals surface area contributed by atoms with E-state index in [1.165, 1.54) is 19.4 Å². The molecule has 2 rings (SSSR count). The van der Waals surface area contributed by atoms with Crippen molar-refractivity contribution in [3.63, 3.8) is 0 Å². The van der Waals surface area contributed by atoms with Crippen LogP contribution in [0.5, 0.6) is 0 Å². The second kappa shape index (κ2) is 6.15. The third kappa shape index (κ3) is 3.23. The van der Waals surface area contributed by atoms with Gasteiger partial charge in [-0.1, -0.05) is 23.2 Å². The largest absolute Gasteiger partial charge is 0.467 e. The van der Waals surface area contributed by atoms with E-state index in [9.17, 15) is 9.18 Å². The Morgan fingerprint density at radius 1 is 1.35 bits per heavy atom. The molecule has 7 heteroatoms. The van der Waals surface area contributed by atoms with Gasteiger partial charge >= 0.3 is 5.97 Å². The van der Waals surface area contributed by atoms with Crippen molar-refractivity contribution in [2.45, 2.75) is 6.54 Å². The highest BCUT2D eigenvalue weighted by Gasteiger charge is 2.12. The van der Waals surface area contributed by atoms with Gasteiger partial charge in [0.15, 0.2) is 0 Å². The molecule has 1 heterocycles. The molecule has 1 aromatic heterocycles. The molecule has 0 unspecified atom stereocenters. The van der Waals surface area contributed by atoms with Gasteiger partial charge in [-0.15, -0.1) is 0 Å². The fourth-order valence-electron chi connectivity index (χ4n) is 1.58. The normalized spacial score (nSPS) is 10.4. The number of hydrogen-bond acceptors (Lipinski definition) is 4. The Balaban J connectivity index is 2.09. The lowest BCUT2D eigenvalue weighted by atomic mass is 10.3. The minimum Gasteiger partial charge on any atom is -0.467 e. The van der Waals surface area contributed by atoms with Crippen molar-refractivity contribution in [2.24, 2.45) is 0 Å². The Hall–Kier alpha value is -1.72. The fraction of sp³-hybridized carbons (Fsp3) is 0.154. The molecule has 0 radical (unpaired) electrons. The Morgan fingerprint density at radius 3 is 2.60 bits per heavy atom.